The van der Waals surface area contributed by atoms with Gasteiger partial charge in [0.1, 0.15) is 0 Å². The quantitative estimate of drug-likeness (QED) is 0.251. The van der Waals surface area contributed by atoms with E-state index in [0.29, 0.717) is 12.8 Å². The minimum atomic E-state index is -4.84. The van der Waals surface area contributed by atoms with Crippen LogP contribution in [0, 0.1) is 24.2 Å². The number of aliphatic carboxylic acids is 1. The molecular formula is C31H37Cl2F3N2O4. The predicted molar refractivity (Wildman–Crippen MR) is 154 cm³/mol. The van der Waals surface area contributed by atoms with Crippen LogP contribution in [-0.4, -0.2) is 32.4 Å². The van der Waals surface area contributed by atoms with E-state index >= 15 is 0 Å². The van der Waals surface area contributed by atoms with E-state index in [1.807, 2.05) is 0 Å². The molecular weight excluding hydrogens is 592 g/mol. The zero-order valence-electron chi connectivity index (χ0n) is 23.9. The van der Waals surface area contributed by atoms with Crippen molar-refractivity contribution in [2.24, 2.45) is 17.3 Å². The number of carboxylic acid groups (broad SMARTS) is 1. The molecule has 2 saturated carbocycles. The number of nitrogens with zero attached hydrogens (tertiary/aromatic N) is 2. The van der Waals surface area contributed by atoms with Gasteiger partial charge in [-0.15, -0.1) is 0 Å². The lowest BCUT2D eigenvalue weighted by Crippen LogP contribution is -2.28. The molecule has 1 aromatic carbocycles. The lowest BCUT2D eigenvalue weighted by atomic mass is 9.78. The number of carboxylic acids is 1. The molecule has 4 rings (SSSR count). The molecule has 0 bridgehead atoms. The van der Waals surface area contributed by atoms with Crippen molar-refractivity contribution in [1.82, 2.24) is 9.78 Å². The summed E-state index contributed by atoms with van der Waals surface area (Å²) in [5, 5.41) is 13.7. The summed E-state index contributed by atoms with van der Waals surface area (Å²) in [6, 6.07) is 2.60. The van der Waals surface area contributed by atoms with Crippen LogP contribution >= 0.6 is 23.2 Å². The lowest BCUT2D eigenvalue weighted by Gasteiger charge is -2.28. The van der Waals surface area contributed by atoms with E-state index in [0.717, 1.165) is 42.1 Å². The Morgan fingerprint density at radius 1 is 1.07 bits per heavy atom. The highest BCUT2D eigenvalue weighted by molar-refractivity contribution is 6.40. The van der Waals surface area contributed by atoms with Gasteiger partial charge in [0.05, 0.1) is 39.3 Å². The maximum Gasteiger partial charge on any atom is 0.433 e. The van der Waals surface area contributed by atoms with Crippen LogP contribution < -0.4 is 0 Å². The monoisotopic (exact) mass is 628 g/mol. The van der Waals surface area contributed by atoms with Gasteiger partial charge in [0.2, 0.25) is 0 Å². The summed E-state index contributed by atoms with van der Waals surface area (Å²) in [7, 11) is 0. The van der Waals surface area contributed by atoms with Crippen molar-refractivity contribution >= 4 is 40.7 Å². The third kappa shape index (κ3) is 7.39. The van der Waals surface area contributed by atoms with E-state index in [9.17, 15) is 32.7 Å². The van der Waals surface area contributed by atoms with Gasteiger partial charge in [-0.3, -0.25) is 19.1 Å². The molecule has 1 unspecified atom stereocenters. The molecule has 42 heavy (non-hydrogen) atoms. The number of hydrogen-bond donors (Lipinski definition) is 1. The average Bonchev–Trinajstić information content (AvgIpc) is 3.55. The molecule has 6 nitrogen and oxygen atoms in total. The Hall–Kier alpha value is -2.39. The summed E-state index contributed by atoms with van der Waals surface area (Å²) in [4.78, 5) is 38.4. The van der Waals surface area contributed by atoms with E-state index in [1.54, 1.807) is 19.1 Å². The first-order valence-electron chi connectivity index (χ1n) is 14.6. The third-order valence-electron chi connectivity index (χ3n) is 9.18. The minimum Gasteiger partial charge on any atom is -0.481 e. The average molecular weight is 630 g/mol. The Bertz CT molecular complexity index is 1300. The summed E-state index contributed by atoms with van der Waals surface area (Å²) < 4.78 is 44.3. The van der Waals surface area contributed by atoms with Crippen LogP contribution in [0.2, 0.25) is 10.0 Å². The van der Waals surface area contributed by atoms with Crippen molar-refractivity contribution in [2.45, 2.75) is 103 Å². The van der Waals surface area contributed by atoms with Crippen LogP contribution in [0.15, 0.2) is 18.3 Å². The van der Waals surface area contributed by atoms with E-state index < -0.39 is 47.1 Å². The van der Waals surface area contributed by atoms with E-state index in [2.05, 4.69) is 12.0 Å². The number of hydrogen-bond acceptors (Lipinski definition) is 4. The normalized spacial score (nSPS) is 21.3. The SMILES string of the molecule is Cc1cc(Cl)c(C(=O)CCC(CCC2(C)CCCC2)C(=O)c2cnn(C3CCC(C(=O)O)CC3)c2C(F)(F)F)c(Cl)c1. The van der Waals surface area contributed by atoms with Gasteiger partial charge in [0.25, 0.3) is 0 Å². The highest BCUT2D eigenvalue weighted by atomic mass is 35.5. The molecule has 0 saturated heterocycles. The maximum absolute atomic E-state index is 14.5. The third-order valence-corrected chi connectivity index (χ3v) is 9.78. The van der Waals surface area contributed by atoms with Gasteiger partial charge in [-0.05, 0) is 87.8 Å². The molecule has 2 aliphatic carbocycles. The van der Waals surface area contributed by atoms with Crippen molar-refractivity contribution in [3.8, 4) is 0 Å². The number of aryl methyl sites for hydroxylation is 1. The number of Topliss-reactive ketones (excluding diaryl/α,β-unsaturated/α-hetero) is 2. The number of ketones is 2. The zero-order valence-corrected chi connectivity index (χ0v) is 25.4. The Morgan fingerprint density at radius 3 is 2.21 bits per heavy atom. The van der Waals surface area contributed by atoms with Gasteiger partial charge in [0.15, 0.2) is 17.3 Å². The molecule has 1 heterocycles. The van der Waals surface area contributed by atoms with Gasteiger partial charge in [-0.1, -0.05) is 43.0 Å². The van der Waals surface area contributed by atoms with Crippen LogP contribution in [0.25, 0.3) is 0 Å². The topological polar surface area (TPSA) is 89.3 Å². The number of aromatic nitrogens is 2. The summed E-state index contributed by atoms with van der Waals surface area (Å²) in [5.41, 5.74) is -0.653. The lowest BCUT2D eigenvalue weighted by molar-refractivity contribution is -0.147. The zero-order chi connectivity index (χ0) is 30.8. The minimum absolute atomic E-state index is 0.00588. The number of carbonyl (C=O) groups excluding carboxylic acids is 2. The molecule has 11 heteroatoms. The fraction of sp³-hybridized carbons (Fsp3) is 0.613. The Kier molecular flexibility index (Phi) is 10.1. The van der Waals surface area contributed by atoms with Crippen molar-refractivity contribution in [3.05, 3.63) is 50.8 Å². The highest BCUT2D eigenvalue weighted by Gasteiger charge is 2.43. The highest BCUT2D eigenvalue weighted by Crippen LogP contribution is 2.44. The molecule has 0 amide bonds. The van der Waals surface area contributed by atoms with Gasteiger partial charge >= 0.3 is 12.1 Å². The van der Waals surface area contributed by atoms with Crippen molar-refractivity contribution in [1.29, 1.82) is 0 Å². The standard InChI is InChI=1S/C31H37Cl2F3N2O4/c1-18-15-23(32)26(24(33)16-18)25(39)10-7-19(11-14-30(2)12-3-4-13-30)27(40)22-17-37-38(28(22)31(34,35)36)21-8-5-20(6-9-21)29(41)42/h15-17,19-21H,3-14H2,1-2H3,(H,41,42). The van der Waals surface area contributed by atoms with Crippen LogP contribution in [-0.2, 0) is 11.0 Å². The van der Waals surface area contributed by atoms with Gasteiger partial charge in [0, 0.05) is 12.3 Å². The number of carbonyl (C=O) groups is 3. The number of alkyl halides is 3. The van der Waals surface area contributed by atoms with Gasteiger partial charge in [-0.2, -0.15) is 18.3 Å². The molecule has 0 spiro atoms. The molecule has 0 aliphatic heterocycles. The predicted octanol–water partition coefficient (Wildman–Crippen LogP) is 9.16. The van der Waals surface area contributed by atoms with E-state index in [-0.39, 0.29) is 65.3 Å². The second-order valence-electron chi connectivity index (χ2n) is 12.4. The first-order valence-corrected chi connectivity index (χ1v) is 15.4. The fourth-order valence-corrected chi connectivity index (χ4v) is 7.50. The molecule has 1 atom stereocenters. The van der Waals surface area contributed by atoms with Crippen LogP contribution in [0.4, 0.5) is 13.2 Å². The van der Waals surface area contributed by atoms with E-state index in [1.165, 1.54) is 0 Å². The summed E-state index contributed by atoms with van der Waals surface area (Å²) >= 11 is 12.6. The summed E-state index contributed by atoms with van der Waals surface area (Å²) in [5.74, 6) is -3.42. The Balaban J connectivity index is 1.60. The van der Waals surface area contributed by atoms with Gasteiger partial charge < -0.3 is 5.11 Å². The van der Waals surface area contributed by atoms with Crippen molar-refractivity contribution in [3.63, 3.8) is 0 Å². The van der Waals surface area contributed by atoms with Crippen LogP contribution in [0.1, 0.15) is 122 Å². The molecule has 2 aromatic rings. The summed E-state index contributed by atoms with van der Waals surface area (Å²) in [6.45, 7) is 3.94. The summed E-state index contributed by atoms with van der Waals surface area (Å²) in [6.07, 6.45) is 2.21. The first-order chi connectivity index (χ1) is 19.7. The molecule has 2 aliphatic rings. The Morgan fingerprint density at radius 2 is 1.67 bits per heavy atom. The second-order valence-corrected chi connectivity index (χ2v) is 13.2. The van der Waals surface area contributed by atoms with E-state index in [4.69, 9.17) is 23.2 Å². The molecule has 2 fully saturated rings. The smallest absolute Gasteiger partial charge is 0.433 e. The largest absolute Gasteiger partial charge is 0.481 e. The number of benzene rings is 1. The Labute approximate surface area is 253 Å². The number of rotatable bonds is 11. The number of halogens is 5. The molecule has 0 radical (unpaired) electrons. The van der Waals surface area contributed by atoms with Crippen molar-refractivity contribution < 1.29 is 32.7 Å². The van der Waals surface area contributed by atoms with Gasteiger partial charge in [-0.25, -0.2) is 0 Å². The van der Waals surface area contributed by atoms with Crippen molar-refractivity contribution in [2.75, 3.05) is 0 Å². The molecule has 230 valence electrons. The molecule has 1 aromatic heterocycles. The van der Waals surface area contributed by atoms with Crippen LogP contribution in [0.5, 0.6) is 0 Å². The second kappa shape index (κ2) is 13.1. The fourth-order valence-electron chi connectivity index (χ4n) is 6.69. The van der Waals surface area contributed by atoms with Crippen LogP contribution in [0.3, 0.4) is 0 Å². The maximum atomic E-state index is 14.5. The molecule has 1 N–H and O–H groups in total. The first kappa shape index (κ1) is 32.5.